The summed E-state index contributed by atoms with van der Waals surface area (Å²) in [6.07, 6.45) is 4.66. The third-order valence-electron chi connectivity index (χ3n) is 3.45. The van der Waals surface area contributed by atoms with Crippen molar-refractivity contribution >= 4 is 28.5 Å². The minimum absolute atomic E-state index is 0.148. The van der Waals surface area contributed by atoms with Gasteiger partial charge in [-0.3, -0.25) is 9.10 Å². The van der Waals surface area contributed by atoms with Crippen molar-refractivity contribution in [2.45, 2.75) is 37.5 Å². The third-order valence-corrected chi connectivity index (χ3v) is 5.15. The molecular formula is C14H18ClNO2S. The average molecular weight is 300 g/mol. The van der Waals surface area contributed by atoms with E-state index in [1.807, 2.05) is 0 Å². The highest BCUT2D eigenvalue weighted by atomic mass is 35.5. The summed E-state index contributed by atoms with van der Waals surface area (Å²) in [7, 11) is -1.46. The molecule has 0 bridgehead atoms. The zero-order chi connectivity index (χ0) is 13.8. The SMILES string of the molecule is CC(=O)N(CC1CCCC1)S(=O)c1cccc(Cl)c1. The van der Waals surface area contributed by atoms with Crippen LogP contribution in [0.1, 0.15) is 32.6 Å². The summed E-state index contributed by atoms with van der Waals surface area (Å²) in [4.78, 5) is 12.3. The third kappa shape index (κ3) is 3.80. The van der Waals surface area contributed by atoms with Crippen LogP contribution in [-0.4, -0.2) is 21.0 Å². The molecular weight excluding hydrogens is 282 g/mol. The smallest absolute Gasteiger partial charge is 0.231 e. The number of benzene rings is 1. The highest BCUT2D eigenvalue weighted by molar-refractivity contribution is 7.83. The first kappa shape index (κ1) is 14.5. The van der Waals surface area contributed by atoms with E-state index in [9.17, 15) is 9.00 Å². The maximum Gasteiger partial charge on any atom is 0.231 e. The molecule has 1 aliphatic rings. The number of rotatable bonds is 4. The van der Waals surface area contributed by atoms with Crippen molar-refractivity contribution in [3.63, 3.8) is 0 Å². The van der Waals surface area contributed by atoms with E-state index in [0.717, 1.165) is 12.8 Å². The summed E-state index contributed by atoms with van der Waals surface area (Å²) in [6, 6.07) is 6.88. The van der Waals surface area contributed by atoms with Gasteiger partial charge in [-0.25, -0.2) is 4.21 Å². The first-order valence-corrected chi connectivity index (χ1v) is 8.02. The fourth-order valence-electron chi connectivity index (χ4n) is 2.44. The molecule has 1 amide bonds. The molecule has 19 heavy (non-hydrogen) atoms. The van der Waals surface area contributed by atoms with Crippen molar-refractivity contribution < 1.29 is 9.00 Å². The Morgan fingerprint density at radius 2 is 2.11 bits per heavy atom. The van der Waals surface area contributed by atoms with Crippen LogP contribution < -0.4 is 0 Å². The van der Waals surface area contributed by atoms with E-state index in [4.69, 9.17) is 11.6 Å². The lowest BCUT2D eigenvalue weighted by molar-refractivity contribution is -0.124. The maximum atomic E-state index is 12.5. The van der Waals surface area contributed by atoms with Crippen LogP contribution in [0.3, 0.4) is 0 Å². The Labute approximate surface area is 121 Å². The molecule has 5 heteroatoms. The Morgan fingerprint density at radius 1 is 1.42 bits per heavy atom. The maximum absolute atomic E-state index is 12.5. The van der Waals surface area contributed by atoms with E-state index >= 15 is 0 Å². The van der Waals surface area contributed by atoms with Crippen LogP contribution >= 0.6 is 11.6 Å². The molecule has 0 saturated heterocycles. The molecule has 0 radical (unpaired) electrons. The lowest BCUT2D eigenvalue weighted by atomic mass is 10.1. The van der Waals surface area contributed by atoms with Crippen LogP contribution in [0.25, 0.3) is 0 Å². The normalized spacial score (nSPS) is 17.4. The molecule has 0 aromatic heterocycles. The van der Waals surface area contributed by atoms with Crippen LogP contribution in [0.4, 0.5) is 0 Å². The molecule has 1 aromatic carbocycles. The van der Waals surface area contributed by atoms with Gasteiger partial charge in [0, 0.05) is 18.5 Å². The second-order valence-electron chi connectivity index (χ2n) is 4.94. The predicted octanol–water partition coefficient (Wildman–Crippen LogP) is 3.40. The van der Waals surface area contributed by atoms with Gasteiger partial charge in [-0.05, 0) is 37.0 Å². The van der Waals surface area contributed by atoms with E-state index in [1.165, 1.54) is 24.1 Å². The molecule has 0 spiro atoms. The van der Waals surface area contributed by atoms with Gasteiger partial charge >= 0.3 is 0 Å². The molecule has 1 atom stereocenters. The van der Waals surface area contributed by atoms with Crippen molar-refractivity contribution in [2.75, 3.05) is 6.54 Å². The summed E-state index contributed by atoms with van der Waals surface area (Å²) in [5.41, 5.74) is 0. The number of carbonyl (C=O) groups is 1. The van der Waals surface area contributed by atoms with Crippen LogP contribution in [-0.2, 0) is 15.8 Å². The van der Waals surface area contributed by atoms with Crippen LogP contribution in [0.2, 0.25) is 5.02 Å². The van der Waals surface area contributed by atoms with Crippen molar-refractivity contribution in [2.24, 2.45) is 5.92 Å². The Hall–Kier alpha value is -0.870. The van der Waals surface area contributed by atoms with Crippen LogP contribution in [0, 0.1) is 5.92 Å². The molecule has 1 aromatic rings. The Kier molecular flexibility index (Phi) is 4.99. The number of hydrogen-bond acceptors (Lipinski definition) is 2. The molecule has 1 unspecified atom stereocenters. The minimum Gasteiger partial charge on any atom is -0.274 e. The Bertz CT molecular complexity index is 486. The summed E-state index contributed by atoms with van der Waals surface area (Å²) in [5.74, 6) is 0.331. The van der Waals surface area contributed by atoms with Gasteiger partial charge in [-0.2, -0.15) is 0 Å². The number of amides is 1. The monoisotopic (exact) mass is 299 g/mol. The predicted molar refractivity (Wildman–Crippen MR) is 77.2 cm³/mol. The molecule has 2 rings (SSSR count). The molecule has 1 saturated carbocycles. The van der Waals surface area contributed by atoms with E-state index in [0.29, 0.717) is 22.4 Å². The molecule has 0 aliphatic heterocycles. The first-order valence-electron chi connectivity index (χ1n) is 6.53. The summed E-state index contributed by atoms with van der Waals surface area (Å²) in [6.45, 7) is 2.05. The second-order valence-corrected chi connectivity index (χ2v) is 6.78. The van der Waals surface area contributed by atoms with Crippen molar-refractivity contribution in [1.82, 2.24) is 4.31 Å². The number of hydrogen-bond donors (Lipinski definition) is 0. The number of nitrogens with zero attached hydrogens (tertiary/aromatic N) is 1. The van der Waals surface area contributed by atoms with E-state index in [2.05, 4.69) is 0 Å². The summed E-state index contributed by atoms with van der Waals surface area (Å²) < 4.78 is 13.9. The molecule has 1 fully saturated rings. The largest absolute Gasteiger partial charge is 0.274 e. The molecule has 0 heterocycles. The zero-order valence-electron chi connectivity index (χ0n) is 11.0. The highest BCUT2D eigenvalue weighted by Crippen LogP contribution is 2.27. The average Bonchev–Trinajstić information content (AvgIpc) is 2.87. The lowest BCUT2D eigenvalue weighted by Gasteiger charge is -2.23. The topological polar surface area (TPSA) is 37.4 Å². The zero-order valence-corrected chi connectivity index (χ0v) is 12.5. The van der Waals surface area contributed by atoms with Gasteiger partial charge in [-0.1, -0.05) is 30.5 Å². The van der Waals surface area contributed by atoms with Crippen LogP contribution in [0.5, 0.6) is 0 Å². The van der Waals surface area contributed by atoms with Crippen molar-refractivity contribution in [1.29, 1.82) is 0 Å². The van der Waals surface area contributed by atoms with Crippen LogP contribution in [0.15, 0.2) is 29.2 Å². The van der Waals surface area contributed by atoms with Gasteiger partial charge in [0.2, 0.25) is 5.91 Å². The number of carbonyl (C=O) groups excluding carboxylic acids is 1. The second kappa shape index (κ2) is 6.53. The van der Waals surface area contributed by atoms with Gasteiger partial charge in [0.05, 0.1) is 4.90 Å². The molecule has 1 aliphatic carbocycles. The summed E-state index contributed by atoms with van der Waals surface area (Å²) >= 11 is 5.91. The van der Waals surface area contributed by atoms with Gasteiger partial charge in [0.1, 0.15) is 0 Å². The van der Waals surface area contributed by atoms with E-state index in [-0.39, 0.29) is 5.91 Å². The Morgan fingerprint density at radius 3 is 2.68 bits per heavy atom. The standard InChI is InChI=1S/C14H18ClNO2S/c1-11(17)16(10-12-5-2-3-6-12)19(18)14-8-4-7-13(15)9-14/h4,7-9,12H,2-3,5-6,10H2,1H3. The highest BCUT2D eigenvalue weighted by Gasteiger charge is 2.24. The van der Waals surface area contributed by atoms with Gasteiger partial charge in [0.15, 0.2) is 11.0 Å². The van der Waals surface area contributed by atoms with Gasteiger partial charge < -0.3 is 0 Å². The quantitative estimate of drug-likeness (QED) is 0.854. The molecule has 104 valence electrons. The lowest BCUT2D eigenvalue weighted by Crippen LogP contribution is -2.34. The Balaban J connectivity index is 2.14. The van der Waals surface area contributed by atoms with Crippen molar-refractivity contribution in [3.05, 3.63) is 29.3 Å². The molecule has 0 N–H and O–H groups in total. The number of halogens is 1. The first-order chi connectivity index (χ1) is 9.08. The van der Waals surface area contributed by atoms with E-state index < -0.39 is 11.0 Å². The fourth-order valence-corrected chi connectivity index (χ4v) is 3.96. The molecule has 3 nitrogen and oxygen atoms in total. The summed E-state index contributed by atoms with van der Waals surface area (Å²) in [5, 5.41) is 0.537. The van der Waals surface area contributed by atoms with Gasteiger partial charge in [-0.15, -0.1) is 0 Å². The minimum atomic E-state index is -1.46. The fraction of sp³-hybridized carbons (Fsp3) is 0.500. The van der Waals surface area contributed by atoms with E-state index in [1.54, 1.807) is 24.3 Å². The van der Waals surface area contributed by atoms with Crippen molar-refractivity contribution in [3.8, 4) is 0 Å². The van der Waals surface area contributed by atoms with Gasteiger partial charge in [0.25, 0.3) is 0 Å².